The quantitative estimate of drug-likeness (QED) is 0.185. The van der Waals surface area contributed by atoms with E-state index in [4.69, 9.17) is 14.4 Å². The van der Waals surface area contributed by atoms with Crippen LogP contribution in [0.15, 0.2) is 126 Å². The minimum absolute atomic E-state index is 0.654. The Bertz CT molecular complexity index is 2910. The zero-order chi connectivity index (χ0) is 30.6. The number of hydrogen-bond donors (Lipinski definition) is 0. The van der Waals surface area contributed by atoms with Crippen molar-refractivity contribution >= 4 is 82.1 Å². The third kappa shape index (κ3) is 3.52. The molecule has 1 aliphatic rings. The van der Waals surface area contributed by atoms with Gasteiger partial charge in [0, 0.05) is 36.7 Å². The minimum atomic E-state index is 0.654. The predicted octanol–water partition coefficient (Wildman–Crippen LogP) is 11.6. The minimum Gasteiger partial charge on any atom is -0.452 e. The molecule has 0 saturated heterocycles. The second-order valence-electron chi connectivity index (χ2n) is 12.4. The summed E-state index contributed by atoms with van der Waals surface area (Å²) in [6.45, 7) is 0. The van der Waals surface area contributed by atoms with Gasteiger partial charge in [-0.15, -0.1) is 11.3 Å². The third-order valence-electron chi connectivity index (χ3n) is 9.80. The first-order chi connectivity index (χ1) is 23.3. The van der Waals surface area contributed by atoms with E-state index in [1.54, 1.807) is 0 Å². The number of aromatic nitrogens is 3. The van der Waals surface area contributed by atoms with Gasteiger partial charge in [-0.3, -0.25) is 4.57 Å². The van der Waals surface area contributed by atoms with Crippen LogP contribution in [0.1, 0.15) is 16.9 Å². The second-order valence-corrected chi connectivity index (χ2v) is 13.6. The number of thiophene rings is 1. The van der Waals surface area contributed by atoms with Crippen LogP contribution < -0.4 is 0 Å². The first-order valence-electron chi connectivity index (χ1n) is 16.1. The normalized spacial score (nSPS) is 13.3. The Morgan fingerprint density at radius 3 is 2.47 bits per heavy atom. The van der Waals surface area contributed by atoms with E-state index in [0.717, 1.165) is 57.2 Å². The molecule has 0 spiro atoms. The van der Waals surface area contributed by atoms with Crippen LogP contribution in [-0.4, -0.2) is 14.5 Å². The molecule has 1 aliphatic carbocycles. The standard InChI is InChI=1S/C42H25N3OS/c1-2-10-24(11-3-1)26-13-8-14-28(22-26)38-41-39(29-15-4-6-18-32(29)46-41)44-42(43-38)45-31-17-9-12-25-20-21-27-23-34-37(40(45)36(27)35(25)31)30-16-5-7-19-33(30)47-34/h1-6,8-18,20-23H,7,19H2. The van der Waals surface area contributed by atoms with Gasteiger partial charge >= 0.3 is 0 Å². The fourth-order valence-electron chi connectivity index (χ4n) is 7.74. The Kier molecular flexibility index (Phi) is 5.07. The maximum atomic E-state index is 6.56. The van der Waals surface area contributed by atoms with Crippen LogP contribution in [0.25, 0.3) is 99.1 Å². The second kappa shape index (κ2) is 9.38. The van der Waals surface area contributed by atoms with Crippen LogP contribution in [0, 0.1) is 0 Å². The van der Waals surface area contributed by atoms with E-state index < -0.39 is 0 Å². The van der Waals surface area contributed by atoms with Crippen molar-refractivity contribution in [2.75, 3.05) is 0 Å². The van der Waals surface area contributed by atoms with Crippen molar-refractivity contribution in [2.45, 2.75) is 12.8 Å². The topological polar surface area (TPSA) is 43.9 Å². The summed E-state index contributed by atoms with van der Waals surface area (Å²) < 4.78 is 10.2. The van der Waals surface area contributed by atoms with Crippen molar-refractivity contribution < 1.29 is 4.42 Å². The fourth-order valence-corrected chi connectivity index (χ4v) is 9.00. The van der Waals surface area contributed by atoms with Crippen molar-refractivity contribution in [3.63, 3.8) is 0 Å². The summed E-state index contributed by atoms with van der Waals surface area (Å²) in [5.74, 6) is 0.654. The zero-order valence-corrected chi connectivity index (χ0v) is 26.0. The number of para-hydroxylation sites is 1. The summed E-state index contributed by atoms with van der Waals surface area (Å²) in [7, 11) is 0. The number of hydrogen-bond acceptors (Lipinski definition) is 4. The van der Waals surface area contributed by atoms with E-state index in [0.29, 0.717) is 11.5 Å². The van der Waals surface area contributed by atoms with Crippen LogP contribution in [0.3, 0.4) is 0 Å². The molecule has 0 amide bonds. The van der Waals surface area contributed by atoms with Gasteiger partial charge in [0.1, 0.15) is 16.8 Å². The molecule has 0 N–H and O–H groups in total. The van der Waals surface area contributed by atoms with E-state index in [9.17, 15) is 0 Å². The van der Waals surface area contributed by atoms with Crippen LogP contribution in [-0.2, 0) is 6.42 Å². The van der Waals surface area contributed by atoms with Crippen molar-refractivity contribution in [3.8, 4) is 28.3 Å². The molecule has 10 aromatic rings. The van der Waals surface area contributed by atoms with Gasteiger partial charge in [-0.1, -0.05) is 97.1 Å². The van der Waals surface area contributed by atoms with Crippen molar-refractivity contribution in [3.05, 3.63) is 132 Å². The molecule has 0 bridgehead atoms. The van der Waals surface area contributed by atoms with Gasteiger partial charge in [-0.2, -0.15) is 0 Å². The maximum absolute atomic E-state index is 6.56. The summed E-state index contributed by atoms with van der Waals surface area (Å²) in [6.07, 6.45) is 6.81. The van der Waals surface area contributed by atoms with E-state index in [2.05, 4.69) is 120 Å². The lowest BCUT2D eigenvalue weighted by Gasteiger charge is -2.12. The van der Waals surface area contributed by atoms with Crippen LogP contribution >= 0.6 is 11.3 Å². The first-order valence-corrected chi connectivity index (χ1v) is 16.9. The average Bonchev–Trinajstić information content (AvgIpc) is 3.80. The summed E-state index contributed by atoms with van der Waals surface area (Å²) in [5, 5.41) is 7.30. The highest BCUT2D eigenvalue weighted by molar-refractivity contribution is 7.19. The van der Waals surface area contributed by atoms with Crippen LogP contribution in [0.2, 0.25) is 0 Å². The smallest absolute Gasteiger partial charge is 0.236 e. The highest BCUT2D eigenvalue weighted by Crippen LogP contribution is 2.47. The highest BCUT2D eigenvalue weighted by atomic mass is 32.1. The van der Waals surface area contributed by atoms with Crippen molar-refractivity contribution in [2.24, 2.45) is 0 Å². The number of allylic oxidation sites excluding steroid dienone is 1. The Morgan fingerprint density at radius 2 is 1.51 bits per heavy atom. The first kappa shape index (κ1) is 25.4. The summed E-state index contributed by atoms with van der Waals surface area (Å²) in [6, 6.07) is 40.8. The van der Waals surface area contributed by atoms with Gasteiger partial charge in [-0.25, -0.2) is 9.97 Å². The molecule has 4 nitrogen and oxygen atoms in total. The molecule has 4 heterocycles. The SMILES string of the molecule is C1=Cc2c(sc3cc4ccc5cccc6c5c4c(c23)n6-c2nc(-c3cccc(-c4ccccc4)c3)c3oc4ccccc4c3n2)CC1. The highest BCUT2D eigenvalue weighted by Gasteiger charge is 2.26. The number of benzene rings is 6. The lowest BCUT2D eigenvalue weighted by molar-refractivity contribution is 0.666. The summed E-state index contributed by atoms with van der Waals surface area (Å²) >= 11 is 1.93. The largest absolute Gasteiger partial charge is 0.452 e. The monoisotopic (exact) mass is 619 g/mol. The van der Waals surface area contributed by atoms with E-state index in [-0.39, 0.29) is 0 Å². The molecule has 47 heavy (non-hydrogen) atoms. The van der Waals surface area contributed by atoms with Crippen molar-refractivity contribution in [1.29, 1.82) is 0 Å². The Morgan fingerprint density at radius 1 is 0.681 bits per heavy atom. The lowest BCUT2D eigenvalue weighted by Crippen LogP contribution is -2.03. The van der Waals surface area contributed by atoms with E-state index >= 15 is 0 Å². The number of nitrogens with zero attached hydrogens (tertiary/aromatic N) is 3. The molecule has 0 unspecified atom stereocenters. The molecule has 4 aromatic heterocycles. The molecule has 0 aliphatic heterocycles. The van der Waals surface area contributed by atoms with Gasteiger partial charge in [0.15, 0.2) is 5.58 Å². The molecule has 220 valence electrons. The Labute approximate surface area is 273 Å². The Hall–Kier alpha value is -5.78. The molecule has 0 saturated carbocycles. The molecular weight excluding hydrogens is 595 g/mol. The average molecular weight is 620 g/mol. The molecule has 6 aromatic carbocycles. The molecule has 5 heteroatoms. The van der Waals surface area contributed by atoms with Crippen molar-refractivity contribution in [1.82, 2.24) is 14.5 Å². The molecule has 11 rings (SSSR count). The van der Waals surface area contributed by atoms with Gasteiger partial charge in [0.2, 0.25) is 5.95 Å². The summed E-state index contributed by atoms with van der Waals surface area (Å²) in [4.78, 5) is 12.3. The predicted molar refractivity (Wildman–Crippen MR) is 196 cm³/mol. The van der Waals surface area contributed by atoms with Crippen LogP contribution in [0.5, 0.6) is 0 Å². The maximum Gasteiger partial charge on any atom is 0.236 e. The van der Waals surface area contributed by atoms with E-state index in [1.807, 2.05) is 23.5 Å². The van der Waals surface area contributed by atoms with Gasteiger partial charge < -0.3 is 4.42 Å². The van der Waals surface area contributed by atoms with Gasteiger partial charge in [0.05, 0.1) is 11.0 Å². The fraction of sp³-hybridized carbons (Fsp3) is 0.0476. The number of rotatable bonds is 3. The Balaban J connectivity index is 1.31. The molecule has 0 atom stereocenters. The van der Waals surface area contributed by atoms with Gasteiger partial charge in [-0.05, 0) is 70.6 Å². The molecule has 0 fully saturated rings. The van der Waals surface area contributed by atoms with Gasteiger partial charge in [0.25, 0.3) is 0 Å². The lowest BCUT2D eigenvalue weighted by atomic mass is 9.97. The molecule has 0 radical (unpaired) electrons. The number of fused-ring (bicyclic) bond motifs is 7. The van der Waals surface area contributed by atoms with E-state index in [1.165, 1.54) is 47.6 Å². The molecular formula is C42H25N3OS. The zero-order valence-electron chi connectivity index (χ0n) is 25.2. The number of furan rings is 1. The number of aryl methyl sites for hydroxylation is 1. The third-order valence-corrected chi connectivity index (χ3v) is 11.0. The summed E-state index contributed by atoms with van der Waals surface area (Å²) in [5.41, 5.74) is 10.1. The van der Waals surface area contributed by atoms with Crippen LogP contribution in [0.4, 0.5) is 0 Å².